The van der Waals surface area contributed by atoms with Crippen LogP contribution in [0.5, 0.6) is 5.75 Å². The van der Waals surface area contributed by atoms with Crippen molar-refractivity contribution in [3.63, 3.8) is 0 Å². The zero-order valence-corrected chi connectivity index (χ0v) is 20.4. The molecule has 1 fully saturated rings. The van der Waals surface area contributed by atoms with Gasteiger partial charge in [0.2, 0.25) is 0 Å². The number of carbonyl (C=O) groups excluding carboxylic acids is 1. The molecule has 5 rings (SSSR count). The Hall–Kier alpha value is -3.32. The number of nitrogens with zero attached hydrogens (tertiary/aromatic N) is 3. The maximum absolute atomic E-state index is 13.4. The molecule has 0 spiro atoms. The van der Waals surface area contributed by atoms with Gasteiger partial charge in [0, 0.05) is 18.9 Å². The summed E-state index contributed by atoms with van der Waals surface area (Å²) in [5.74, 6) is 1.47. The number of benzene rings is 2. The van der Waals surface area contributed by atoms with E-state index in [0.29, 0.717) is 30.7 Å². The average molecular weight is 475 g/mol. The van der Waals surface area contributed by atoms with Crippen LogP contribution in [-0.4, -0.2) is 45.6 Å². The van der Waals surface area contributed by atoms with Gasteiger partial charge in [-0.2, -0.15) is 5.10 Å². The standard InChI is InChI=1S/C28H34N4O3/c1-19-8-11-22(16-19)27(20(2)33)30-28(34)26-18-31(24-6-3-4-7-25(24)35-26)17-21-9-12-23(13-10-21)32-15-5-14-29-32/h3-7,9-10,12-15,19-20,22,26-27,33H,8,11,16-18H2,1-2H3,(H,30,34). The lowest BCUT2D eigenvalue weighted by Crippen LogP contribution is -2.54. The Bertz CT molecular complexity index is 1130. The number of rotatable bonds is 7. The van der Waals surface area contributed by atoms with Crippen LogP contribution in [0.3, 0.4) is 0 Å². The van der Waals surface area contributed by atoms with E-state index < -0.39 is 12.2 Å². The SMILES string of the molecule is CC1CCC(C(NC(=O)C2CN(Cc3ccc(-n4cccn4)cc3)c3ccccc3O2)C(C)O)C1. The Morgan fingerprint density at radius 2 is 1.97 bits per heavy atom. The second kappa shape index (κ2) is 10.1. The third-order valence-corrected chi connectivity index (χ3v) is 7.30. The number of fused-ring (bicyclic) bond motifs is 1. The van der Waals surface area contributed by atoms with Crippen LogP contribution in [0, 0.1) is 11.8 Å². The summed E-state index contributed by atoms with van der Waals surface area (Å²) in [6, 6.07) is 17.8. The maximum atomic E-state index is 13.4. The quantitative estimate of drug-likeness (QED) is 0.542. The molecule has 2 heterocycles. The molecule has 1 aliphatic heterocycles. The van der Waals surface area contributed by atoms with Crippen LogP contribution in [-0.2, 0) is 11.3 Å². The summed E-state index contributed by atoms with van der Waals surface area (Å²) in [6.07, 6.45) is 5.64. The van der Waals surface area contributed by atoms with Gasteiger partial charge in [0.15, 0.2) is 6.10 Å². The third kappa shape index (κ3) is 5.20. The fourth-order valence-corrected chi connectivity index (χ4v) is 5.46. The van der Waals surface area contributed by atoms with E-state index in [1.165, 1.54) is 0 Å². The Morgan fingerprint density at radius 1 is 1.17 bits per heavy atom. The molecular weight excluding hydrogens is 440 g/mol. The normalized spacial score (nSPS) is 23.3. The number of aromatic nitrogens is 2. The number of para-hydroxylation sites is 2. The minimum Gasteiger partial charge on any atom is -0.477 e. The van der Waals surface area contributed by atoms with Crippen LogP contribution in [0.15, 0.2) is 67.0 Å². The van der Waals surface area contributed by atoms with Crippen molar-refractivity contribution in [1.82, 2.24) is 15.1 Å². The number of carbonyl (C=O) groups is 1. The maximum Gasteiger partial charge on any atom is 0.263 e. The van der Waals surface area contributed by atoms with Crippen LogP contribution in [0.2, 0.25) is 0 Å². The van der Waals surface area contributed by atoms with Crippen LogP contribution >= 0.6 is 0 Å². The summed E-state index contributed by atoms with van der Waals surface area (Å²) >= 11 is 0. The van der Waals surface area contributed by atoms with Gasteiger partial charge in [-0.25, -0.2) is 4.68 Å². The fourth-order valence-electron chi connectivity index (χ4n) is 5.46. The van der Waals surface area contributed by atoms with Crippen molar-refractivity contribution < 1.29 is 14.6 Å². The van der Waals surface area contributed by atoms with Crippen molar-refractivity contribution in [2.75, 3.05) is 11.4 Å². The first-order chi connectivity index (χ1) is 17.0. The van der Waals surface area contributed by atoms with Crippen molar-refractivity contribution in [3.05, 3.63) is 72.6 Å². The number of anilines is 1. The van der Waals surface area contributed by atoms with E-state index in [1.54, 1.807) is 13.1 Å². The Morgan fingerprint density at radius 3 is 2.66 bits per heavy atom. The molecule has 0 radical (unpaired) electrons. The number of ether oxygens (including phenoxy) is 1. The van der Waals surface area contributed by atoms with E-state index in [4.69, 9.17) is 4.74 Å². The molecule has 0 bridgehead atoms. The Kier molecular flexibility index (Phi) is 6.77. The molecule has 1 aromatic heterocycles. The Labute approximate surface area is 206 Å². The van der Waals surface area contributed by atoms with Crippen molar-refractivity contribution >= 4 is 11.6 Å². The predicted octanol–water partition coefficient (Wildman–Crippen LogP) is 3.94. The highest BCUT2D eigenvalue weighted by molar-refractivity contribution is 5.83. The summed E-state index contributed by atoms with van der Waals surface area (Å²) in [5, 5.41) is 17.9. The molecule has 7 nitrogen and oxygen atoms in total. The second-order valence-corrected chi connectivity index (χ2v) is 10.0. The predicted molar refractivity (Wildman–Crippen MR) is 136 cm³/mol. The van der Waals surface area contributed by atoms with Crippen LogP contribution in [0.25, 0.3) is 5.69 Å². The van der Waals surface area contributed by atoms with Gasteiger partial charge in [-0.3, -0.25) is 4.79 Å². The van der Waals surface area contributed by atoms with Crippen molar-refractivity contribution in [2.24, 2.45) is 11.8 Å². The average Bonchev–Trinajstić information content (AvgIpc) is 3.55. The second-order valence-electron chi connectivity index (χ2n) is 10.0. The fraction of sp³-hybridized carbons (Fsp3) is 0.429. The topological polar surface area (TPSA) is 79.6 Å². The molecule has 3 aromatic rings. The van der Waals surface area contributed by atoms with E-state index in [9.17, 15) is 9.90 Å². The zero-order chi connectivity index (χ0) is 24.4. The lowest BCUT2D eigenvalue weighted by Gasteiger charge is -2.37. The lowest BCUT2D eigenvalue weighted by molar-refractivity contribution is -0.130. The number of hydrogen-bond acceptors (Lipinski definition) is 5. The monoisotopic (exact) mass is 474 g/mol. The van der Waals surface area contributed by atoms with Crippen LogP contribution < -0.4 is 15.0 Å². The summed E-state index contributed by atoms with van der Waals surface area (Å²) in [4.78, 5) is 15.5. The molecule has 2 N–H and O–H groups in total. The summed E-state index contributed by atoms with van der Waals surface area (Å²) in [5.41, 5.74) is 3.12. The van der Waals surface area contributed by atoms with E-state index >= 15 is 0 Å². The van der Waals surface area contributed by atoms with E-state index in [1.807, 2.05) is 41.2 Å². The molecule has 184 valence electrons. The van der Waals surface area contributed by atoms with Gasteiger partial charge in [0.1, 0.15) is 5.75 Å². The van der Waals surface area contributed by atoms with Gasteiger partial charge in [-0.05, 0) is 67.5 Å². The molecule has 1 saturated carbocycles. The first kappa shape index (κ1) is 23.4. The van der Waals surface area contributed by atoms with Gasteiger partial charge in [0.25, 0.3) is 5.91 Å². The highest BCUT2D eigenvalue weighted by Gasteiger charge is 2.36. The van der Waals surface area contributed by atoms with Gasteiger partial charge in [-0.15, -0.1) is 0 Å². The van der Waals surface area contributed by atoms with Gasteiger partial charge in [0.05, 0.1) is 30.1 Å². The molecule has 7 heteroatoms. The van der Waals surface area contributed by atoms with Crippen molar-refractivity contribution in [1.29, 1.82) is 0 Å². The van der Waals surface area contributed by atoms with Gasteiger partial charge in [-0.1, -0.05) is 37.6 Å². The molecule has 2 aromatic carbocycles. The van der Waals surface area contributed by atoms with Crippen molar-refractivity contribution in [2.45, 2.75) is 57.9 Å². The molecule has 35 heavy (non-hydrogen) atoms. The molecule has 1 aliphatic carbocycles. The highest BCUT2D eigenvalue weighted by Crippen LogP contribution is 2.36. The Balaban J connectivity index is 1.31. The number of amides is 1. The van der Waals surface area contributed by atoms with Crippen molar-refractivity contribution in [3.8, 4) is 11.4 Å². The van der Waals surface area contributed by atoms with E-state index in [-0.39, 0.29) is 11.9 Å². The van der Waals surface area contributed by atoms with Gasteiger partial charge < -0.3 is 20.1 Å². The van der Waals surface area contributed by atoms with Crippen LogP contribution in [0.1, 0.15) is 38.7 Å². The minimum atomic E-state index is -0.645. The minimum absolute atomic E-state index is 0.163. The first-order valence-corrected chi connectivity index (χ1v) is 12.6. The summed E-state index contributed by atoms with van der Waals surface area (Å²) in [6.45, 7) is 5.10. The summed E-state index contributed by atoms with van der Waals surface area (Å²) in [7, 11) is 0. The molecular formula is C28H34N4O3. The number of aliphatic hydroxyl groups excluding tert-OH is 1. The molecule has 0 saturated heterocycles. The van der Waals surface area contributed by atoms with E-state index in [0.717, 1.165) is 36.2 Å². The number of nitrogens with one attached hydrogen (secondary N) is 1. The first-order valence-electron chi connectivity index (χ1n) is 12.6. The molecule has 5 unspecified atom stereocenters. The largest absolute Gasteiger partial charge is 0.477 e. The molecule has 5 atom stereocenters. The molecule has 1 amide bonds. The number of aliphatic hydroxyl groups is 1. The highest BCUT2D eigenvalue weighted by atomic mass is 16.5. The lowest BCUT2D eigenvalue weighted by atomic mass is 9.93. The summed E-state index contributed by atoms with van der Waals surface area (Å²) < 4.78 is 7.98. The zero-order valence-electron chi connectivity index (χ0n) is 20.4. The molecule has 2 aliphatic rings. The van der Waals surface area contributed by atoms with E-state index in [2.05, 4.69) is 46.5 Å². The van der Waals surface area contributed by atoms with Crippen LogP contribution in [0.4, 0.5) is 5.69 Å². The smallest absolute Gasteiger partial charge is 0.263 e. The third-order valence-electron chi connectivity index (χ3n) is 7.30. The van der Waals surface area contributed by atoms with Gasteiger partial charge >= 0.3 is 0 Å². The number of hydrogen-bond donors (Lipinski definition) is 2.